The molecule has 1 aromatic heterocycles. The Bertz CT molecular complexity index is 229. The molecule has 5 heteroatoms. The summed E-state index contributed by atoms with van der Waals surface area (Å²) >= 11 is 0. The summed E-state index contributed by atoms with van der Waals surface area (Å²) in [5.41, 5.74) is 4.85. The lowest BCUT2D eigenvalue weighted by Gasteiger charge is -1.82. The molecule has 0 aromatic carbocycles. The third kappa shape index (κ3) is 0.835. The molecule has 5 nitrogen and oxygen atoms in total. The summed E-state index contributed by atoms with van der Waals surface area (Å²) in [5, 5.41) is 9.95. The normalized spacial score (nSPS) is 9.33. The van der Waals surface area contributed by atoms with Crippen molar-refractivity contribution in [1.82, 2.24) is 0 Å². The van der Waals surface area contributed by atoms with E-state index in [1.54, 1.807) is 0 Å². The minimum atomic E-state index is -0.598. The average Bonchev–Trinajstić information content (AvgIpc) is 2.13. The maximum atomic E-state index is 9.95. The monoisotopic (exact) mass is 128 g/mol. The van der Waals surface area contributed by atoms with Crippen LogP contribution in [0.4, 0.5) is 11.6 Å². The van der Waals surface area contributed by atoms with E-state index in [4.69, 9.17) is 5.73 Å². The Hall–Kier alpha value is -1.52. The van der Waals surface area contributed by atoms with Gasteiger partial charge in [-0.15, -0.1) is 0 Å². The summed E-state index contributed by atoms with van der Waals surface area (Å²) in [6.07, 6.45) is 1.17. The fourth-order valence-electron chi connectivity index (χ4n) is 0.465. The smallest absolute Gasteiger partial charge is 0.331 e. The predicted molar refractivity (Wildman–Crippen MR) is 29.8 cm³/mol. The quantitative estimate of drug-likeness (QED) is 0.447. The van der Waals surface area contributed by atoms with E-state index in [-0.39, 0.29) is 11.6 Å². The zero-order valence-electron chi connectivity index (χ0n) is 4.40. The lowest BCUT2D eigenvalue weighted by Crippen LogP contribution is -1.90. The van der Waals surface area contributed by atoms with Gasteiger partial charge in [0.15, 0.2) is 0 Å². The van der Waals surface area contributed by atoms with Gasteiger partial charge in [-0.25, -0.2) is 0 Å². The number of nitro groups is 1. The van der Waals surface area contributed by atoms with E-state index >= 15 is 0 Å². The van der Waals surface area contributed by atoms with Gasteiger partial charge in [0.2, 0.25) is 0 Å². The number of hydrogen-bond donors (Lipinski definition) is 1. The summed E-state index contributed by atoms with van der Waals surface area (Å²) in [7, 11) is 0. The Balaban J connectivity index is 3.08. The number of nitrogen functional groups attached to an aromatic ring is 1. The molecule has 1 aromatic rings. The Kier molecular flexibility index (Phi) is 1.11. The maximum absolute atomic E-state index is 9.95. The van der Waals surface area contributed by atoms with Gasteiger partial charge in [-0.1, -0.05) is 0 Å². The highest BCUT2D eigenvalue weighted by molar-refractivity contribution is 5.48. The molecule has 1 heterocycles. The van der Waals surface area contributed by atoms with Crippen LogP contribution in [-0.4, -0.2) is 4.92 Å². The molecule has 0 saturated carbocycles. The van der Waals surface area contributed by atoms with Gasteiger partial charge in [0.25, 0.3) is 5.88 Å². The van der Waals surface area contributed by atoms with E-state index in [2.05, 4.69) is 4.42 Å². The summed E-state index contributed by atoms with van der Waals surface area (Å²) in [4.78, 5) is 9.35. The van der Waals surface area contributed by atoms with Crippen LogP contribution < -0.4 is 5.73 Å². The molecule has 1 rings (SSSR count). The highest BCUT2D eigenvalue weighted by atomic mass is 16.6. The second kappa shape index (κ2) is 1.77. The Morgan fingerprint density at radius 2 is 2.44 bits per heavy atom. The van der Waals surface area contributed by atoms with Crippen LogP contribution >= 0.6 is 0 Å². The molecule has 0 aliphatic heterocycles. The summed E-state index contributed by atoms with van der Waals surface area (Å²) in [6, 6.07) is 1.20. The number of furan rings is 1. The van der Waals surface area contributed by atoms with Gasteiger partial charge in [0, 0.05) is 0 Å². The lowest BCUT2D eigenvalue weighted by atomic mass is 10.5. The molecule has 0 amide bonds. The first-order chi connectivity index (χ1) is 4.22. The molecule has 0 radical (unpaired) electrons. The van der Waals surface area contributed by atoms with Crippen molar-refractivity contribution in [3.8, 4) is 0 Å². The van der Waals surface area contributed by atoms with Gasteiger partial charge in [0.05, 0.1) is 11.0 Å². The van der Waals surface area contributed by atoms with E-state index in [0.717, 1.165) is 0 Å². The topological polar surface area (TPSA) is 82.3 Å². The van der Waals surface area contributed by atoms with Gasteiger partial charge in [0.1, 0.15) is 6.26 Å². The Morgan fingerprint density at radius 1 is 1.78 bits per heavy atom. The molecule has 9 heavy (non-hydrogen) atoms. The van der Waals surface area contributed by atoms with E-state index in [0.29, 0.717) is 0 Å². The molecule has 0 aliphatic carbocycles. The largest absolute Gasteiger partial charge is 0.443 e. The third-order valence-corrected chi connectivity index (χ3v) is 0.870. The summed E-state index contributed by atoms with van der Waals surface area (Å²) in [6.45, 7) is 0. The van der Waals surface area contributed by atoms with Gasteiger partial charge in [-0.2, -0.15) is 0 Å². The zero-order chi connectivity index (χ0) is 6.85. The minimum Gasteiger partial charge on any atom is -0.443 e. The van der Waals surface area contributed by atoms with Gasteiger partial charge >= 0.3 is 5.69 Å². The van der Waals surface area contributed by atoms with Crippen LogP contribution in [0.3, 0.4) is 0 Å². The van der Waals surface area contributed by atoms with Gasteiger partial charge in [-0.05, 0) is 0 Å². The van der Waals surface area contributed by atoms with Crippen LogP contribution in [0.1, 0.15) is 0 Å². The number of nitrogens with two attached hydrogens (primary N) is 1. The summed E-state index contributed by atoms with van der Waals surface area (Å²) < 4.78 is 4.46. The highest BCUT2D eigenvalue weighted by Crippen LogP contribution is 2.20. The van der Waals surface area contributed by atoms with Crippen molar-refractivity contribution in [2.24, 2.45) is 0 Å². The van der Waals surface area contributed by atoms with Crippen LogP contribution in [0.15, 0.2) is 16.7 Å². The second-order valence-corrected chi connectivity index (χ2v) is 1.43. The van der Waals surface area contributed by atoms with Crippen LogP contribution in [0.5, 0.6) is 0 Å². The van der Waals surface area contributed by atoms with Crippen molar-refractivity contribution in [1.29, 1.82) is 0 Å². The summed E-state index contributed by atoms with van der Waals surface area (Å²) in [5.74, 6) is -0.153. The molecule has 0 aliphatic rings. The van der Waals surface area contributed by atoms with Crippen LogP contribution in [0.25, 0.3) is 0 Å². The molecule has 0 unspecified atom stereocenters. The third-order valence-electron chi connectivity index (χ3n) is 0.870. The van der Waals surface area contributed by atoms with E-state index in [1.165, 1.54) is 12.3 Å². The van der Waals surface area contributed by atoms with E-state index < -0.39 is 4.92 Å². The molecule has 48 valence electrons. The van der Waals surface area contributed by atoms with Crippen molar-refractivity contribution >= 4 is 11.6 Å². The standard InChI is InChI=1S/C4H4N2O3/c5-4-3(6(7)8)1-2-9-4/h1-2H,5H2. The minimum absolute atomic E-state index is 0.153. The lowest BCUT2D eigenvalue weighted by molar-refractivity contribution is -0.384. The first-order valence-electron chi connectivity index (χ1n) is 2.19. The number of hydrogen-bond acceptors (Lipinski definition) is 4. The fraction of sp³-hybridized carbons (Fsp3) is 0. The average molecular weight is 128 g/mol. The molecule has 0 atom stereocenters. The SMILES string of the molecule is Nc1occc1[N+](=O)[O-]. The van der Waals surface area contributed by atoms with Crippen molar-refractivity contribution in [2.75, 3.05) is 5.73 Å². The molecular formula is C4H4N2O3. The van der Waals surface area contributed by atoms with E-state index in [1.807, 2.05) is 0 Å². The van der Waals surface area contributed by atoms with Crippen LogP contribution in [0, 0.1) is 10.1 Å². The second-order valence-electron chi connectivity index (χ2n) is 1.43. The molecule has 0 saturated heterocycles. The first kappa shape index (κ1) is 5.61. The van der Waals surface area contributed by atoms with E-state index in [9.17, 15) is 10.1 Å². The molecular weight excluding hydrogens is 124 g/mol. The van der Waals surface area contributed by atoms with Gasteiger partial charge in [-0.3, -0.25) is 10.1 Å². The van der Waals surface area contributed by atoms with Crippen molar-refractivity contribution in [2.45, 2.75) is 0 Å². The molecule has 0 spiro atoms. The van der Waals surface area contributed by atoms with Gasteiger partial charge < -0.3 is 10.2 Å². The number of nitrogens with zero attached hydrogens (tertiary/aromatic N) is 1. The highest BCUT2D eigenvalue weighted by Gasteiger charge is 2.12. The zero-order valence-corrected chi connectivity index (χ0v) is 4.40. The Morgan fingerprint density at radius 3 is 2.67 bits per heavy atom. The van der Waals surface area contributed by atoms with Crippen LogP contribution in [-0.2, 0) is 0 Å². The number of anilines is 1. The Labute approximate surface area is 50.2 Å². The van der Waals surface area contributed by atoms with Crippen molar-refractivity contribution in [3.05, 3.63) is 22.4 Å². The first-order valence-corrected chi connectivity index (χ1v) is 2.19. The maximum Gasteiger partial charge on any atom is 0.331 e. The van der Waals surface area contributed by atoms with Crippen molar-refractivity contribution in [3.63, 3.8) is 0 Å². The number of rotatable bonds is 1. The van der Waals surface area contributed by atoms with Crippen LogP contribution in [0.2, 0.25) is 0 Å². The predicted octanol–water partition coefficient (Wildman–Crippen LogP) is 0.770. The molecule has 0 bridgehead atoms. The van der Waals surface area contributed by atoms with Crippen molar-refractivity contribution < 1.29 is 9.34 Å². The molecule has 0 fully saturated rings. The molecule has 2 N–H and O–H groups in total. The fourth-order valence-corrected chi connectivity index (χ4v) is 0.465.